The normalized spacial score (nSPS) is 31.3. The summed E-state index contributed by atoms with van der Waals surface area (Å²) in [7, 11) is 0. The van der Waals surface area contributed by atoms with Gasteiger partial charge < -0.3 is 10.4 Å². The molecule has 1 saturated carbocycles. The molecule has 102 valence electrons. The molecule has 5 heteroatoms. The molecule has 2 rings (SSSR count). The van der Waals surface area contributed by atoms with Crippen molar-refractivity contribution in [3.63, 3.8) is 0 Å². The molecule has 3 atom stereocenters. The van der Waals surface area contributed by atoms with Gasteiger partial charge in [-0.05, 0) is 31.6 Å². The van der Waals surface area contributed by atoms with E-state index in [0.717, 1.165) is 25.8 Å². The van der Waals surface area contributed by atoms with Gasteiger partial charge in [-0.3, -0.25) is 14.5 Å². The molecule has 2 fully saturated rings. The van der Waals surface area contributed by atoms with E-state index in [1.54, 1.807) is 0 Å². The molecule has 2 N–H and O–H groups in total. The Labute approximate surface area is 108 Å². The fourth-order valence-electron chi connectivity index (χ4n) is 3.49. The maximum absolute atomic E-state index is 11.4. The van der Waals surface area contributed by atoms with Crippen molar-refractivity contribution in [2.24, 2.45) is 11.8 Å². The molecular formula is C13H22N2O3. The van der Waals surface area contributed by atoms with E-state index in [1.807, 2.05) is 11.8 Å². The molecule has 0 aromatic rings. The average molecular weight is 254 g/mol. The van der Waals surface area contributed by atoms with Crippen LogP contribution < -0.4 is 5.32 Å². The van der Waals surface area contributed by atoms with Gasteiger partial charge in [0.25, 0.3) is 0 Å². The highest BCUT2D eigenvalue weighted by Crippen LogP contribution is 2.42. The van der Waals surface area contributed by atoms with Crippen LogP contribution in [0.3, 0.4) is 0 Å². The monoisotopic (exact) mass is 254 g/mol. The zero-order valence-corrected chi connectivity index (χ0v) is 10.9. The fraction of sp³-hybridized carbons (Fsp3) is 0.846. The number of likely N-dealkylation sites (tertiary alicyclic amines) is 1. The Morgan fingerprint density at radius 1 is 1.39 bits per heavy atom. The topological polar surface area (TPSA) is 69.6 Å². The first-order valence-electron chi connectivity index (χ1n) is 6.87. The Bertz CT molecular complexity index is 332. The van der Waals surface area contributed by atoms with Crippen LogP contribution in [0.4, 0.5) is 0 Å². The summed E-state index contributed by atoms with van der Waals surface area (Å²) in [5, 5.41) is 12.1. The molecule has 1 heterocycles. The molecule has 1 saturated heterocycles. The lowest BCUT2D eigenvalue weighted by molar-refractivity contribution is -0.144. The molecular weight excluding hydrogens is 232 g/mol. The molecule has 1 aliphatic carbocycles. The molecule has 1 aliphatic heterocycles. The molecule has 5 nitrogen and oxygen atoms in total. The number of rotatable bonds is 5. The Morgan fingerprint density at radius 3 is 2.83 bits per heavy atom. The maximum Gasteiger partial charge on any atom is 0.321 e. The number of aliphatic carboxylic acids is 1. The van der Waals surface area contributed by atoms with Gasteiger partial charge in [-0.2, -0.15) is 0 Å². The van der Waals surface area contributed by atoms with Crippen LogP contribution in [0.2, 0.25) is 0 Å². The van der Waals surface area contributed by atoms with E-state index in [0.29, 0.717) is 31.3 Å². The second-order valence-corrected chi connectivity index (χ2v) is 5.34. The third-order valence-electron chi connectivity index (χ3n) is 4.24. The van der Waals surface area contributed by atoms with E-state index in [-0.39, 0.29) is 11.9 Å². The molecule has 18 heavy (non-hydrogen) atoms. The van der Waals surface area contributed by atoms with Gasteiger partial charge >= 0.3 is 5.97 Å². The van der Waals surface area contributed by atoms with E-state index < -0.39 is 5.97 Å². The second kappa shape index (κ2) is 5.69. The first-order valence-corrected chi connectivity index (χ1v) is 6.87. The van der Waals surface area contributed by atoms with Crippen molar-refractivity contribution in [1.29, 1.82) is 0 Å². The van der Waals surface area contributed by atoms with Crippen molar-refractivity contribution in [3.8, 4) is 0 Å². The highest BCUT2D eigenvalue weighted by atomic mass is 16.4. The van der Waals surface area contributed by atoms with E-state index in [2.05, 4.69) is 5.32 Å². The third-order valence-corrected chi connectivity index (χ3v) is 4.24. The number of nitrogens with zero attached hydrogens (tertiary/aromatic N) is 1. The molecule has 0 aromatic heterocycles. The summed E-state index contributed by atoms with van der Waals surface area (Å²) >= 11 is 0. The number of fused-ring (bicyclic) bond motifs is 1. The average Bonchev–Trinajstić information content (AvgIpc) is 2.85. The first kappa shape index (κ1) is 13.3. The predicted molar refractivity (Wildman–Crippen MR) is 67.1 cm³/mol. The van der Waals surface area contributed by atoms with Crippen molar-refractivity contribution >= 4 is 11.9 Å². The van der Waals surface area contributed by atoms with Crippen LogP contribution >= 0.6 is 0 Å². The summed E-state index contributed by atoms with van der Waals surface area (Å²) in [5.41, 5.74) is 0. The van der Waals surface area contributed by atoms with Crippen molar-refractivity contribution in [2.75, 3.05) is 19.6 Å². The molecule has 3 unspecified atom stereocenters. The quantitative estimate of drug-likeness (QED) is 0.757. The van der Waals surface area contributed by atoms with Gasteiger partial charge in [-0.15, -0.1) is 0 Å². The number of carboxylic acids is 1. The second-order valence-electron chi connectivity index (χ2n) is 5.34. The summed E-state index contributed by atoms with van der Waals surface area (Å²) in [4.78, 5) is 24.8. The highest BCUT2D eigenvalue weighted by Gasteiger charge is 2.47. The minimum absolute atomic E-state index is 0.0127. The standard InChI is InChI=1S/C13H22N2O3/c1-2-14-11(16)6-7-15-8-9-4-3-5-10(9)12(15)13(17)18/h9-10,12H,2-8H2,1H3,(H,14,16)(H,17,18). The Balaban J connectivity index is 1.91. The zero-order chi connectivity index (χ0) is 13.1. The van der Waals surface area contributed by atoms with E-state index in [4.69, 9.17) is 0 Å². The Hall–Kier alpha value is -1.10. The Kier molecular flexibility index (Phi) is 4.22. The molecule has 0 aromatic carbocycles. The van der Waals surface area contributed by atoms with Gasteiger partial charge in [0.05, 0.1) is 0 Å². The number of amides is 1. The lowest BCUT2D eigenvalue weighted by Gasteiger charge is -2.23. The van der Waals surface area contributed by atoms with E-state index in [9.17, 15) is 14.7 Å². The number of carbonyl (C=O) groups excluding carboxylic acids is 1. The maximum atomic E-state index is 11.4. The summed E-state index contributed by atoms with van der Waals surface area (Å²) in [5.74, 6) is 0.121. The van der Waals surface area contributed by atoms with E-state index >= 15 is 0 Å². The summed E-state index contributed by atoms with van der Waals surface area (Å²) in [6.07, 6.45) is 3.73. The summed E-state index contributed by atoms with van der Waals surface area (Å²) < 4.78 is 0. The van der Waals surface area contributed by atoms with Crippen molar-refractivity contribution in [2.45, 2.75) is 38.6 Å². The predicted octanol–water partition coefficient (Wildman–Crippen LogP) is 0.698. The number of hydrogen-bond acceptors (Lipinski definition) is 3. The van der Waals surface area contributed by atoms with Crippen LogP contribution in [-0.2, 0) is 9.59 Å². The first-order chi connectivity index (χ1) is 8.63. The molecule has 0 radical (unpaired) electrons. The van der Waals surface area contributed by atoms with E-state index in [1.165, 1.54) is 0 Å². The molecule has 0 spiro atoms. The SMILES string of the molecule is CCNC(=O)CCN1CC2CCCC2C1C(=O)O. The van der Waals surface area contributed by atoms with Gasteiger partial charge in [0, 0.05) is 26.1 Å². The van der Waals surface area contributed by atoms with Gasteiger partial charge in [0.15, 0.2) is 0 Å². The van der Waals surface area contributed by atoms with Crippen LogP contribution in [-0.4, -0.2) is 47.6 Å². The number of carboxylic acid groups (broad SMARTS) is 1. The minimum atomic E-state index is -0.722. The lowest BCUT2D eigenvalue weighted by atomic mass is 9.94. The summed E-state index contributed by atoms with van der Waals surface area (Å²) in [6.45, 7) is 3.93. The summed E-state index contributed by atoms with van der Waals surface area (Å²) in [6, 6.07) is -0.369. The molecule has 0 bridgehead atoms. The molecule has 2 aliphatic rings. The van der Waals surface area contributed by atoms with Crippen LogP contribution in [0, 0.1) is 11.8 Å². The zero-order valence-electron chi connectivity index (χ0n) is 10.9. The minimum Gasteiger partial charge on any atom is -0.480 e. The van der Waals surface area contributed by atoms with Crippen LogP contribution in [0.1, 0.15) is 32.6 Å². The fourth-order valence-corrected chi connectivity index (χ4v) is 3.49. The van der Waals surface area contributed by atoms with Crippen LogP contribution in [0.15, 0.2) is 0 Å². The van der Waals surface area contributed by atoms with Gasteiger partial charge in [-0.1, -0.05) is 6.42 Å². The van der Waals surface area contributed by atoms with Crippen LogP contribution in [0.5, 0.6) is 0 Å². The third kappa shape index (κ3) is 2.66. The van der Waals surface area contributed by atoms with Gasteiger partial charge in [0.1, 0.15) is 6.04 Å². The number of carbonyl (C=O) groups is 2. The lowest BCUT2D eigenvalue weighted by Crippen LogP contribution is -2.41. The largest absolute Gasteiger partial charge is 0.480 e. The Morgan fingerprint density at radius 2 is 2.17 bits per heavy atom. The molecule has 1 amide bonds. The van der Waals surface area contributed by atoms with Crippen molar-refractivity contribution in [1.82, 2.24) is 10.2 Å². The van der Waals surface area contributed by atoms with Gasteiger partial charge in [0.2, 0.25) is 5.91 Å². The highest BCUT2D eigenvalue weighted by molar-refractivity contribution is 5.77. The van der Waals surface area contributed by atoms with Crippen LogP contribution in [0.25, 0.3) is 0 Å². The number of hydrogen-bond donors (Lipinski definition) is 2. The van der Waals surface area contributed by atoms with Crippen molar-refractivity contribution in [3.05, 3.63) is 0 Å². The van der Waals surface area contributed by atoms with Crippen molar-refractivity contribution < 1.29 is 14.7 Å². The van der Waals surface area contributed by atoms with Gasteiger partial charge in [-0.25, -0.2) is 0 Å². The smallest absolute Gasteiger partial charge is 0.321 e. The number of nitrogens with one attached hydrogen (secondary N) is 1.